The average Bonchev–Trinajstić information content (AvgIpc) is 3.33. The summed E-state index contributed by atoms with van der Waals surface area (Å²) in [6.07, 6.45) is 2.57. The molecule has 2 aliphatic heterocycles. The maximum absolute atomic E-state index is 4.86. The molecule has 0 saturated carbocycles. The van der Waals surface area contributed by atoms with Gasteiger partial charge in [-0.15, -0.1) is 0 Å². The molecule has 3 aromatic rings. The Balaban J connectivity index is 1.58. The summed E-state index contributed by atoms with van der Waals surface area (Å²) in [5, 5.41) is 4.72. The van der Waals surface area contributed by atoms with Crippen molar-refractivity contribution >= 4 is 11.5 Å². The molecule has 0 bridgehead atoms. The van der Waals surface area contributed by atoms with Gasteiger partial charge in [0, 0.05) is 42.7 Å². The summed E-state index contributed by atoms with van der Waals surface area (Å²) in [7, 11) is 2.24. The Labute approximate surface area is 154 Å². The Morgan fingerprint density at radius 1 is 1.00 bits per heavy atom. The largest absolute Gasteiger partial charge is 0.356 e. The van der Waals surface area contributed by atoms with Crippen LogP contribution in [0.1, 0.15) is 18.5 Å². The molecule has 26 heavy (non-hydrogen) atoms. The third kappa shape index (κ3) is 2.58. The van der Waals surface area contributed by atoms with Crippen molar-refractivity contribution in [3.05, 3.63) is 48.2 Å². The van der Waals surface area contributed by atoms with Crippen molar-refractivity contribution in [2.24, 2.45) is 5.41 Å². The summed E-state index contributed by atoms with van der Waals surface area (Å²) >= 11 is 0. The fraction of sp³-hybridized carbons (Fsp3) is 0.429. The zero-order valence-electron chi connectivity index (χ0n) is 15.5. The third-order valence-corrected chi connectivity index (χ3v) is 5.99. The monoisotopic (exact) mass is 347 g/mol. The number of hydrogen-bond acceptors (Lipinski definition) is 4. The number of likely N-dealkylation sites (tertiary alicyclic amines) is 1. The van der Waals surface area contributed by atoms with Crippen LogP contribution in [0.15, 0.2) is 42.5 Å². The van der Waals surface area contributed by atoms with Crippen molar-refractivity contribution in [2.45, 2.75) is 19.8 Å². The fourth-order valence-corrected chi connectivity index (χ4v) is 4.68. The van der Waals surface area contributed by atoms with E-state index in [2.05, 4.69) is 53.2 Å². The standard InChI is InChI=1S/C21H25N5/c1-16-12-19-22-18(17-6-4-3-5-7-17)13-20(26(19)23-16)25-11-9-21(15-25)8-10-24(2)14-21/h3-7,12-13H,8-11,14-15H2,1-2H3. The lowest BCUT2D eigenvalue weighted by atomic mass is 9.86. The maximum Gasteiger partial charge on any atom is 0.158 e. The predicted molar refractivity (Wildman–Crippen MR) is 105 cm³/mol. The molecule has 2 saturated heterocycles. The van der Waals surface area contributed by atoms with Crippen LogP contribution in [0.2, 0.25) is 0 Å². The van der Waals surface area contributed by atoms with Crippen molar-refractivity contribution in [1.29, 1.82) is 0 Å². The van der Waals surface area contributed by atoms with E-state index in [1.54, 1.807) is 0 Å². The summed E-state index contributed by atoms with van der Waals surface area (Å²) in [6.45, 7) is 6.68. The minimum atomic E-state index is 0.444. The average molecular weight is 347 g/mol. The Kier molecular flexibility index (Phi) is 3.54. The molecule has 1 atom stereocenters. The van der Waals surface area contributed by atoms with Crippen LogP contribution in [0.5, 0.6) is 0 Å². The Morgan fingerprint density at radius 3 is 2.58 bits per heavy atom. The Bertz CT molecular complexity index is 948. The molecule has 1 aromatic carbocycles. The van der Waals surface area contributed by atoms with Crippen LogP contribution >= 0.6 is 0 Å². The lowest BCUT2D eigenvalue weighted by molar-refractivity contribution is 0.312. The van der Waals surface area contributed by atoms with E-state index in [4.69, 9.17) is 10.1 Å². The van der Waals surface area contributed by atoms with Crippen molar-refractivity contribution in [3.63, 3.8) is 0 Å². The molecule has 0 N–H and O–H groups in total. The second kappa shape index (κ2) is 5.81. The van der Waals surface area contributed by atoms with Gasteiger partial charge in [-0.3, -0.25) is 0 Å². The second-order valence-corrected chi connectivity index (χ2v) is 8.08. The van der Waals surface area contributed by atoms with Gasteiger partial charge >= 0.3 is 0 Å². The molecule has 4 heterocycles. The molecular formula is C21H25N5. The highest BCUT2D eigenvalue weighted by Crippen LogP contribution is 2.41. The number of benzene rings is 1. The predicted octanol–water partition coefficient (Wildman–Crippen LogP) is 3.24. The van der Waals surface area contributed by atoms with E-state index in [1.165, 1.54) is 31.7 Å². The maximum atomic E-state index is 4.86. The summed E-state index contributed by atoms with van der Waals surface area (Å²) in [4.78, 5) is 9.86. The van der Waals surface area contributed by atoms with Gasteiger partial charge in [-0.2, -0.15) is 9.61 Å². The van der Waals surface area contributed by atoms with Crippen LogP contribution in [-0.2, 0) is 0 Å². The van der Waals surface area contributed by atoms with Gasteiger partial charge < -0.3 is 9.80 Å². The van der Waals surface area contributed by atoms with E-state index >= 15 is 0 Å². The van der Waals surface area contributed by atoms with Crippen LogP contribution < -0.4 is 4.90 Å². The molecule has 5 rings (SSSR count). The summed E-state index contributed by atoms with van der Waals surface area (Å²) < 4.78 is 2.03. The quantitative estimate of drug-likeness (QED) is 0.713. The minimum absolute atomic E-state index is 0.444. The first-order valence-corrected chi connectivity index (χ1v) is 9.48. The lowest BCUT2D eigenvalue weighted by Gasteiger charge is -2.25. The first kappa shape index (κ1) is 15.8. The molecule has 1 unspecified atom stereocenters. The number of aromatic nitrogens is 3. The molecule has 134 valence electrons. The zero-order valence-corrected chi connectivity index (χ0v) is 15.5. The molecular weight excluding hydrogens is 322 g/mol. The van der Waals surface area contributed by atoms with Gasteiger partial charge in [0.15, 0.2) is 5.65 Å². The lowest BCUT2D eigenvalue weighted by Crippen LogP contribution is -2.30. The van der Waals surface area contributed by atoms with Crippen LogP contribution in [0.25, 0.3) is 16.9 Å². The highest BCUT2D eigenvalue weighted by atomic mass is 15.4. The highest BCUT2D eigenvalue weighted by molar-refractivity contribution is 5.67. The van der Waals surface area contributed by atoms with Crippen molar-refractivity contribution in [3.8, 4) is 11.3 Å². The number of fused-ring (bicyclic) bond motifs is 1. The first-order valence-electron chi connectivity index (χ1n) is 9.48. The zero-order chi connectivity index (χ0) is 17.7. The van der Waals surface area contributed by atoms with E-state index in [1.807, 2.05) is 17.5 Å². The third-order valence-electron chi connectivity index (χ3n) is 5.99. The molecule has 0 radical (unpaired) electrons. The Hall–Kier alpha value is -2.40. The number of aryl methyl sites for hydroxylation is 1. The number of hydrogen-bond donors (Lipinski definition) is 0. The molecule has 2 aromatic heterocycles. The molecule has 5 nitrogen and oxygen atoms in total. The van der Waals surface area contributed by atoms with Gasteiger partial charge in [-0.1, -0.05) is 30.3 Å². The van der Waals surface area contributed by atoms with Gasteiger partial charge in [0.2, 0.25) is 0 Å². The summed E-state index contributed by atoms with van der Waals surface area (Å²) in [5.74, 6) is 1.17. The molecule has 0 amide bonds. The SMILES string of the molecule is Cc1cc2nc(-c3ccccc3)cc(N3CCC4(CCN(C)C4)C3)n2n1. The van der Waals surface area contributed by atoms with Crippen molar-refractivity contribution in [1.82, 2.24) is 19.5 Å². The van der Waals surface area contributed by atoms with E-state index in [-0.39, 0.29) is 0 Å². The molecule has 2 fully saturated rings. The van der Waals surface area contributed by atoms with Crippen LogP contribution in [-0.4, -0.2) is 52.7 Å². The minimum Gasteiger partial charge on any atom is -0.356 e. The van der Waals surface area contributed by atoms with Gasteiger partial charge in [0.1, 0.15) is 5.82 Å². The molecule has 0 aliphatic carbocycles. The van der Waals surface area contributed by atoms with Crippen LogP contribution in [0.4, 0.5) is 5.82 Å². The summed E-state index contributed by atoms with van der Waals surface area (Å²) in [6, 6.07) is 14.7. The van der Waals surface area contributed by atoms with E-state index in [0.717, 1.165) is 35.7 Å². The fourth-order valence-electron chi connectivity index (χ4n) is 4.68. The Morgan fingerprint density at radius 2 is 1.81 bits per heavy atom. The van der Waals surface area contributed by atoms with E-state index in [0.29, 0.717) is 5.41 Å². The second-order valence-electron chi connectivity index (χ2n) is 8.08. The normalized spacial score (nSPS) is 23.5. The number of nitrogens with zero attached hydrogens (tertiary/aromatic N) is 5. The van der Waals surface area contributed by atoms with E-state index < -0.39 is 0 Å². The van der Waals surface area contributed by atoms with Crippen LogP contribution in [0, 0.1) is 12.3 Å². The highest BCUT2D eigenvalue weighted by Gasteiger charge is 2.43. The van der Waals surface area contributed by atoms with Gasteiger partial charge in [0.25, 0.3) is 0 Å². The van der Waals surface area contributed by atoms with Gasteiger partial charge in [0.05, 0.1) is 11.4 Å². The van der Waals surface area contributed by atoms with Crippen molar-refractivity contribution in [2.75, 3.05) is 38.1 Å². The molecule has 5 heteroatoms. The first-order chi connectivity index (χ1) is 12.6. The van der Waals surface area contributed by atoms with Crippen molar-refractivity contribution < 1.29 is 0 Å². The smallest absolute Gasteiger partial charge is 0.158 e. The van der Waals surface area contributed by atoms with E-state index in [9.17, 15) is 0 Å². The van der Waals surface area contributed by atoms with Gasteiger partial charge in [-0.05, 0) is 33.4 Å². The molecule has 2 aliphatic rings. The summed E-state index contributed by atoms with van der Waals surface area (Å²) in [5.41, 5.74) is 4.57. The van der Waals surface area contributed by atoms with Crippen LogP contribution in [0.3, 0.4) is 0 Å². The number of rotatable bonds is 2. The van der Waals surface area contributed by atoms with Gasteiger partial charge in [-0.25, -0.2) is 4.98 Å². The topological polar surface area (TPSA) is 36.7 Å². The molecule has 1 spiro atoms. The number of anilines is 1.